The highest BCUT2D eigenvalue weighted by atomic mass is 32.2. The minimum atomic E-state index is -0.836. The number of aromatic nitrogens is 2. The SMILES string of the molecule is C=CCn1c(SCC(C)(C)O)nc2sc(-c3ccccc3)c(C)c2c1=O. The van der Waals surface area contributed by atoms with E-state index in [1.54, 1.807) is 24.5 Å². The highest BCUT2D eigenvalue weighted by Gasteiger charge is 2.20. The molecule has 1 N–H and O–H groups in total. The molecule has 0 spiro atoms. The summed E-state index contributed by atoms with van der Waals surface area (Å²) in [6.07, 6.45) is 1.70. The molecule has 2 heterocycles. The molecule has 0 bridgehead atoms. The number of thioether (sulfide) groups is 1. The van der Waals surface area contributed by atoms with Crippen molar-refractivity contribution in [2.24, 2.45) is 0 Å². The standard InChI is InChI=1S/C20H22N2O2S2/c1-5-11-22-18(23)15-13(2)16(14-9-7-6-8-10-14)26-17(15)21-19(22)25-12-20(3,4)24/h5-10,24H,1,11-12H2,2-4H3. The third-order valence-corrected chi connectivity index (χ3v) is 6.57. The fourth-order valence-corrected chi connectivity index (χ4v) is 4.89. The van der Waals surface area contributed by atoms with Crippen molar-refractivity contribution in [3.8, 4) is 10.4 Å². The topological polar surface area (TPSA) is 55.1 Å². The molecular formula is C20H22N2O2S2. The van der Waals surface area contributed by atoms with Gasteiger partial charge in [-0.2, -0.15) is 0 Å². The van der Waals surface area contributed by atoms with Crippen LogP contribution in [-0.4, -0.2) is 26.0 Å². The molecule has 26 heavy (non-hydrogen) atoms. The third kappa shape index (κ3) is 3.77. The zero-order valence-corrected chi connectivity index (χ0v) is 16.8. The van der Waals surface area contributed by atoms with E-state index >= 15 is 0 Å². The van der Waals surface area contributed by atoms with E-state index in [-0.39, 0.29) is 5.56 Å². The van der Waals surface area contributed by atoms with E-state index in [0.717, 1.165) is 20.8 Å². The Morgan fingerprint density at radius 2 is 2.04 bits per heavy atom. The molecule has 3 aromatic rings. The first-order valence-electron chi connectivity index (χ1n) is 8.37. The number of hydrogen-bond donors (Lipinski definition) is 1. The van der Waals surface area contributed by atoms with Crippen LogP contribution in [0.4, 0.5) is 0 Å². The van der Waals surface area contributed by atoms with Gasteiger partial charge in [-0.3, -0.25) is 9.36 Å². The zero-order valence-electron chi connectivity index (χ0n) is 15.2. The molecule has 4 nitrogen and oxygen atoms in total. The Morgan fingerprint density at radius 3 is 2.65 bits per heavy atom. The number of aryl methyl sites for hydroxylation is 1. The van der Waals surface area contributed by atoms with Crippen LogP contribution in [0.2, 0.25) is 0 Å². The predicted octanol–water partition coefficient (Wildman–Crippen LogP) is 4.48. The summed E-state index contributed by atoms with van der Waals surface area (Å²) in [6, 6.07) is 10.1. The fraction of sp³-hybridized carbons (Fsp3) is 0.300. The first-order valence-corrected chi connectivity index (χ1v) is 10.2. The highest BCUT2D eigenvalue weighted by molar-refractivity contribution is 7.99. The van der Waals surface area contributed by atoms with Crippen molar-refractivity contribution >= 4 is 33.3 Å². The van der Waals surface area contributed by atoms with Gasteiger partial charge in [0.05, 0.1) is 11.0 Å². The van der Waals surface area contributed by atoms with E-state index in [4.69, 9.17) is 4.98 Å². The lowest BCUT2D eigenvalue weighted by atomic mass is 10.1. The summed E-state index contributed by atoms with van der Waals surface area (Å²) < 4.78 is 1.64. The molecule has 0 unspecified atom stereocenters. The molecule has 1 aromatic carbocycles. The van der Waals surface area contributed by atoms with Gasteiger partial charge in [0.15, 0.2) is 5.16 Å². The summed E-state index contributed by atoms with van der Waals surface area (Å²) in [4.78, 5) is 19.7. The van der Waals surface area contributed by atoms with Crippen molar-refractivity contribution < 1.29 is 5.11 Å². The Balaban J connectivity index is 2.19. The lowest BCUT2D eigenvalue weighted by molar-refractivity contribution is 0.107. The number of rotatable bonds is 6. The number of aliphatic hydroxyl groups is 1. The molecule has 0 saturated carbocycles. The van der Waals surface area contributed by atoms with Crippen molar-refractivity contribution in [3.63, 3.8) is 0 Å². The molecule has 0 radical (unpaired) electrons. The largest absolute Gasteiger partial charge is 0.390 e. The van der Waals surface area contributed by atoms with Gasteiger partial charge in [0.25, 0.3) is 5.56 Å². The Labute approximate surface area is 161 Å². The predicted molar refractivity (Wildman–Crippen MR) is 111 cm³/mol. The lowest BCUT2D eigenvalue weighted by Gasteiger charge is -2.17. The number of benzene rings is 1. The average molecular weight is 387 g/mol. The number of nitrogens with zero attached hydrogens (tertiary/aromatic N) is 2. The Morgan fingerprint density at radius 1 is 1.35 bits per heavy atom. The van der Waals surface area contributed by atoms with Gasteiger partial charge >= 0.3 is 0 Å². The molecule has 0 atom stereocenters. The molecule has 136 valence electrons. The number of fused-ring (bicyclic) bond motifs is 1. The molecule has 0 saturated heterocycles. The molecule has 0 fully saturated rings. The van der Waals surface area contributed by atoms with Crippen LogP contribution in [0.25, 0.3) is 20.7 Å². The van der Waals surface area contributed by atoms with E-state index in [9.17, 15) is 9.90 Å². The number of thiophene rings is 1. The second-order valence-electron chi connectivity index (χ2n) is 6.80. The monoisotopic (exact) mass is 386 g/mol. The maximum Gasteiger partial charge on any atom is 0.263 e. The van der Waals surface area contributed by atoms with Gasteiger partial charge in [-0.1, -0.05) is 48.2 Å². The molecule has 0 aliphatic heterocycles. The molecule has 2 aromatic heterocycles. The van der Waals surface area contributed by atoms with Crippen LogP contribution in [0.3, 0.4) is 0 Å². The first-order chi connectivity index (χ1) is 12.3. The van der Waals surface area contributed by atoms with Crippen molar-refractivity contribution in [2.45, 2.75) is 38.1 Å². The highest BCUT2D eigenvalue weighted by Crippen LogP contribution is 2.36. The minimum absolute atomic E-state index is 0.0518. The second-order valence-corrected chi connectivity index (χ2v) is 8.74. The Hall–Kier alpha value is -1.89. The number of allylic oxidation sites excluding steroid dienone is 1. The van der Waals surface area contributed by atoms with Gasteiger partial charge in [-0.25, -0.2) is 4.98 Å². The van der Waals surface area contributed by atoms with Crippen molar-refractivity contribution in [3.05, 3.63) is 58.9 Å². The lowest BCUT2D eigenvalue weighted by Crippen LogP contribution is -2.25. The smallest absolute Gasteiger partial charge is 0.263 e. The van der Waals surface area contributed by atoms with Gasteiger partial charge in [0.2, 0.25) is 0 Å². The van der Waals surface area contributed by atoms with Crippen LogP contribution in [0.5, 0.6) is 0 Å². The zero-order chi connectivity index (χ0) is 18.9. The molecular weight excluding hydrogens is 364 g/mol. The minimum Gasteiger partial charge on any atom is -0.390 e. The van der Waals surface area contributed by atoms with Crippen LogP contribution >= 0.6 is 23.1 Å². The van der Waals surface area contributed by atoms with Crippen molar-refractivity contribution in [1.82, 2.24) is 9.55 Å². The van der Waals surface area contributed by atoms with Crippen LogP contribution in [-0.2, 0) is 6.54 Å². The summed E-state index contributed by atoms with van der Waals surface area (Å²) in [7, 11) is 0. The molecule has 0 aliphatic rings. The van der Waals surface area contributed by atoms with Gasteiger partial charge in [0, 0.05) is 17.2 Å². The van der Waals surface area contributed by atoms with Crippen LogP contribution in [0, 0.1) is 6.92 Å². The van der Waals surface area contributed by atoms with E-state index in [0.29, 0.717) is 22.8 Å². The fourth-order valence-electron chi connectivity index (χ4n) is 2.70. The normalized spacial score (nSPS) is 11.8. The molecule has 6 heteroatoms. The maximum absolute atomic E-state index is 13.1. The quantitative estimate of drug-likeness (QED) is 0.385. The summed E-state index contributed by atoms with van der Waals surface area (Å²) in [5.74, 6) is 0.456. The first kappa shape index (κ1) is 18.9. The molecule has 0 amide bonds. The van der Waals surface area contributed by atoms with Gasteiger partial charge in [0.1, 0.15) is 4.83 Å². The van der Waals surface area contributed by atoms with Crippen LogP contribution < -0.4 is 5.56 Å². The molecule has 0 aliphatic carbocycles. The van der Waals surface area contributed by atoms with Crippen molar-refractivity contribution in [1.29, 1.82) is 0 Å². The van der Waals surface area contributed by atoms with Crippen molar-refractivity contribution in [2.75, 3.05) is 5.75 Å². The average Bonchev–Trinajstić information content (AvgIpc) is 2.93. The van der Waals surface area contributed by atoms with E-state index < -0.39 is 5.60 Å². The summed E-state index contributed by atoms with van der Waals surface area (Å²) in [5, 5.41) is 11.3. The van der Waals surface area contributed by atoms with E-state index in [1.165, 1.54) is 23.1 Å². The summed E-state index contributed by atoms with van der Waals surface area (Å²) in [5.41, 5.74) is 1.17. The van der Waals surface area contributed by atoms with E-state index in [1.807, 2.05) is 37.3 Å². The third-order valence-electron chi connectivity index (χ3n) is 3.92. The Bertz CT molecular complexity index is 999. The molecule has 3 rings (SSSR count). The second kappa shape index (κ2) is 7.39. The number of hydrogen-bond acceptors (Lipinski definition) is 5. The maximum atomic E-state index is 13.1. The summed E-state index contributed by atoms with van der Waals surface area (Å²) in [6.45, 7) is 9.63. The van der Waals surface area contributed by atoms with Gasteiger partial charge < -0.3 is 5.11 Å². The van der Waals surface area contributed by atoms with Crippen LogP contribution in [0.1, 0.15) is 19.4 Å². The van der Waals surface area contributed by atoms with E-state index in [2.05, 4.69) is 6.58 Å². The van der Waals surface area contributed by atoms with Gasteiger partial charge in [-0.05, 0) is 31.9 Å². The van der Waals surface area contributed by atoms with Gasteiger partial charge in [-0.15, -0.1) is 17.9 Å². The Kier molecular flexibility index (Phi) is 5.37. The van der Waals surface area contributed by atoms with Crippen LogP contribution in [0.15, 0.2) is 52.9 Å². The summed E-state index contributed by atoms with van der Waals surface area (Å²) >= 11 is 2.93.